The molecule has 0 aliphatic heterocycles. The number of rotatable bonds is 5. The minimum atomic E-state index is -0.488. The molecule has 25 heavy (non-hydrogen) atoms. The van der Waals surface area contributed by atoms with Gasteiger partial charge in [0.15, 0.2) is 0 Å². The van der Waals surface area contributed by atoms with Gasteiger partial charge in [0.25, 0.3) is 0 Å². The van der Waals surface area contributed by atoms with E-state index in [1.807, 2.05) is 30.3 Å². The lowest BCUT2D eigenvalue weighted by Gasteiger charge is -2.23. The summed E-state index contributed by atoms with van der Waals surface area (Å²) in [7, 11) is 1.64. The van der Waals surface area contributed by atoms with E-state index in [1.165, 1.54) is 4.90 Å². The summed E-state index contributed by atoms with van der Waals surface area (Å²) >= 11 is 12.1. The Morgan fingerprint density at radius 2 is 1.64 bits per heavy atom. The maximum atomic E-state index is 12.8. The fourth-order valence-corrected chi connectivity index (χ4v) is 3.45. The Morgan fingerprint density at radius 1 is 1.04 bits per heavy atom. The second-order valence-corrected chi connectivity index (χ2v) is 7.07. The van der Waals surface area contributed by atoms with Crippen molar-refractivity contribution in [2.45, 2.75) is 18.3 Å². The van der Waals surface area contributed by atoms with Gasteiger partial charge in [0.2, 0.25) is 11.8 Å². The van der Waals surface area contributed by atoms with E-state index in [4.69, 9.17) is 23.2 Å². The maximum absolute atomic E-state index is 12.8. The third kappa shape index (κ3) is 3.65. The van der Waals surface area contributed by atoms with Gasteiger partial charge in [-0.15, -0.1) is 0 Å². The van der Waals surface area contributed by atoms with E-state index in [-0.39, 0.29) is 18.4 Å². The van der Waals surface area contributed by atoms with Crippen LogP contribution >= 0.6 is 23.2 Å². The molecule has 1 aliphatic rings. The van der Waals surface area contributed by atoms with E-state index in [0.29, 0.717) is 15.7 Å². The van der Waals surface area contributed by atoms with E-state index in [0.717, 1.165) is 18.4 Å². The van der Waals surface area contributed by atoms with Gasteiger partial charge >= 0.3 is 0 Å². The third-order valence-electron chi connectivity index (χ3n) is 4.44. The van der Waals surface area contributed by atoms with Gasteiger partial charge < -0.3 is 10.2 Å². The Morgan fingerprint density at radius 3 is 2.20 bits per heavy atom. The first-order valence-corrected chi connectivity index (χ1v) is 8.74. The van der Waals surface area contributed by atoms with Crippen molar-refractivity contribution in [3.8, 4) is 0 Å². The molecule has 0 bridgehead atoms. The molecule has 2 aromatic rings. The number of hydrogen-bond acceptors (Lipinski definition) is 2. The Hall–Kier alpha value is -2.04. The molecular weight excluding hydrogens is 359 g/mol. The summed E-state index contributed by atoms with van der Waals surface area (Å²) in [5.41, 5.74) is 0.875. The second kappa shape index (κ2) is 7.06. The van der Waals surface area contributed by atoms with Crippen molar-refractivity contribution in [2.75, 3.05) is 18.9 Å². The number of nitrogens with zero attached hydrogens (tertiary/aromatic N) is 1. The van der Waals surface area contributed by atoms with Crippen LogP contribution in [0.1, 0.15) is 18.4 Å². The van der Waals surface area contributed by atoms with Crippen molar-refractivity contribution in [3.05, 3.63) is 64.1 Å². The van der Waals surface area contributed by atoms with Crippen molar-refractivity contribution in [3.63, 3.8) is 0 Å². The van der Waals surface area contributed by atoms with Crippen LogP contribution < -0.4 is 5.32 Å². The van der Waals surface area contributed by atoms with Gasteiger partial charge in [-0.2, -0.15) is 0 Å². The van der Waals surface area contributed by atoms with Crippen LogP contribution in [0.5, 0.6) is 0 Å². The molecule has 3 rings (SSSR count). The van der Waals surface area contributed by atoms with Crippen LogP contribution in [-0.4, -0.2) is 30.3 Å². The van der Waals surface area contributed by atoms with Crippen molar-refractivity contribution in [1.29, 1.82) is 0 Å². The van der Waals surface area contributed by atoms with Gasteiger partial charge in [0.1, 0.15) is 0 Å². The molecular formula is C19H18Cl2N2O2. The monoisotopic (exact) mass is 376 g/mol. The van der Waals surface area contributed by atoms with Crippen molar-refractivity contribution >= 4 is 40.7 Å². The maximum Gasteiger partial charge on any atom is 0.244 e. The number of halogens is 2. The molecule has 4 nitrogen and oxygen atoms in total. The minimum Gasteiger partial charge on any atom is -0.336 e. The molecule has 1 aliphatic carbocycles. The van der Waals surface area contributed by atoms with Crippen LogP contribution in [-0.2, 0) is 15.0 Å². The Kier molecular flexibility index (Phi) is 5.02. The number of likely N-dealkylation sites (N-methyl/N-ethyl adjacent to an activating group) is 1. The highest BCUT2D eigenvalue weighted by atomic mass is 35.5. The molecule has 1 saturated carbocycles. The first kappa shape index (κ1) is 17.8. The van der Waals surface area contributed by atoms with E-state index in [1.54, 1.807) is 25.2 Å². The van der Waals surface area contributed by atoms with Gasteiger partial charge in [-0.1, -0.05) is 59.6 Å². The number of nitrogens with one attached hydrogen (secondary N) is 1. The van der Waals surface area contributed by atoms with Gasteiger partial charge in [-0.25, -0.2) is 0 Å². The predicted molar refractivity (Wildman–Crippen MR) is 100 cm³/mol. The smallest absolute Gasteiger partial charge is 0.244 e. The number of anilines is 1. The van der Waals surface area contributed by atoms with E-state index in [2.05, 4.69) is 5.32 Å². The van der Waals surface area contributed by atoms with Crippen LogP contribution in [0.25, 0.3) is 0 Å². The van der Waals surface area contributed by atoms with Gasteiger partial charge in [0, 0.05) is 7.05 Å². The lowest BCUT2D eigenvalue weighted by molar-refractivity contribution is -0.135. The third-order valence-corrected chi connectivity index (χ3v) is 5.07. The molecule has 1 fully saturated rings. The Labute approximate surface area is 156 Å². The summed E-state index contributed by atoms with van der Waals surface area (Å²) in [6.07, 6.45) is 1.61. The molecule has 0 spiro atoms. The first-order valence-electron chi connectivity index (χ1n) is 7.99. The summed E-state index contributed by atoms with van der Waals surface area (Å²) in [5.74, 6) is -0.381. The zero-order valence-electron chi connectivity index (χ0n) is 13.8. The van der Waals surface area contributed by atoms with Gasteiger partial charge in [0.05, 0.1) is 27.7 Å². The molecule has 0 saturated heterocycles. The Bertz CT molecular complexity index is 784. The SMILES string of the molecule is CN(CC(=O)Nc1c(Cl)cccc1Cl)C(=O)C1(c2ccccc2)CC1. The fraction of sp³-hybridized carbons (Fsp3) is 0.263. The van der Waals surface area contributed by atoms with Crippen LogP contribution in [0.3, 0.4) is 0 Å². The highest BCUT2D eigenvalue weighted by Gasteiger charge is 2.52. The van der Waals surface area contributed by atoms with Crippen LogP contribution in [0.4, 0.5) is 5.69 Å². The molecule has 0 radical (unpaired) electrons. The first-order chi connectivity index (χ1) is 11.9. The average Bonchev–Trinajstić information content (AvgIpc) is 3.40. The number of carbonyl (C=O) groups excluding carboxylic acids is 2. The topological polar surface area (TPSA) is 49.4 Å². The van der Waals surface area contributed by atoms with Crippen LogP contribution in [0, 0.1) is 0 Å². The molecule has 6 heteroatoms. The van der Waals surface area contributed by atoms with Gasteiger partial charge in [-0.3, -0.25) is 9.59 Å². The van der Waals surface area contributed by atoms with Crippen molar-refractivity contribution < 1.29 is 9.59 Å². The van der Waals surface area contributed by atoms with Crippen LogP contribution in [0.2, 0.25) is 10.0 Å². The van der Waals surface area contributed by atoms with Gasteiger partial charge in [-0.05, 0) is 30.5 Å². The summed E-state index contributed by atoms with van der Waals surface area (Å²) < 4.78 is 0. The van der Waals surface area contributed by atoms with E-state index in [9.17, 15) is 9.59 Å². The molecule has 1 N–H and O–H groups in total. The van der Waals surface area contributed by atoms with E-state index >= 15 is 0 Å². The normalized spacial score (nSPS) is 14.7. The number of benzene rings is 2. The lowest BCUT2D eigenvalue weighted by atomic mass is 9.94. The lowest BCUT2D eigenvalue weighted by Crippen LogP contribution is -2.41. The molecule has 130 valence electrons. The minimum absolute atomic E-state index is 0.0425. The molecule has 0 atom stereocenters. The van der Waals surface area contributed by atoms with E-state index < -0.39 is 5.41 Å². The largest absolute Gasteiger partial charge is 0.336 e. The zero-order chi connectivity index (χ0) is 18.0. The number of hydrogen-bond donors (Lipinski definition) is 1. The average molecular weight is 377 g/mol. The summed E-state index contributed by atoms with van der Waals surface area (Å²) in [6, 6.07) is 14.7. The van der Waals surface area contributed by atoms with Crippen LogP contribution in [0.15, 0.2) is 48.5 Å². The number of carbonyl (C=O) groups is 2. The fourth-order valence-electron chi connectivity index (χ4n) is 2.96. The summed E-state index contributed by atoms with van der Waals surface area (Å²) in [4.78, 5) is 26.6. The molecule has 2 amide bonds. The quantitative estimate of drug-likeness (QED) is 0.852. The summed E-state index contributed by atoms with van der Waals surface area (Å²) in [6.45, 7) is -0.0605. The molecule has 0 aromatic heterocycles. The molecule has 0 heterocycles. The number of para-hydroxylation sites is 1. The summed E-state index contributed by atoms with van der Waals surface area (Å²) in [5, 5.41) is 3.40. The Balaban J connectivity index is 1.67. The zero-order valence-corrected chi connectivity index (χ0v) is 15.3. The number of amides is 2. The highest BCUT2D eigenvalue weighted by molar-refractivity contribution is 6.39. The molecule has 0 unspecified atom stereocenters. The molecule has 2 aromatic carbocycles. The van der Waals surface area contributed by atoms with Crippen molar-refractivity contribution in [1.82, 2.24) is 4.90 Å². The highest BCUT2D eigenvalue weighted by Crippen LogP contribution is 2.49. The second-order valence-electron chi connectivity index (χ2n) is 6.25. The van der Waals surface area contributed by atoms with Crippen molar-refractivity contribution in [2.24, 2.45) is 0 Å². The predicted octanol–water partition coefficient (Wildman–Crippen LogP) is 4.12. The standard InChI is InChI=1S/C19H18Cl2N2O2/c1-23(12-16(24)22-17-14(20)8-5-9-15(17)21)18(25)19(10-11-19)13-6-3-2-4-7-13/h2-9H,10-12H2,1H3,(H,22,24).